The van der Waals surface area contributed by atoms with E-state index in [-0.39, 0.29) is 5.54 Å². The summed E-state index contributed by atoms with van der Waals surface area (Å²) < 4.78 is 0. The first-order valence-electron chi connectivity index (χ1n) is 6.62. The van der Waals surface area contributed by atoms with Crippen LogP contribution in [0.4, 0.5) is 0 Å². The van der Waals surface area contributed by atoms with Crippen LogP contribution >= 0.6 is 11.3 Å². The number of rotatable bonds is 5. The van der Waals surface area contributed by atoms with Gasteiger partial charge in [0.1, 0.15) is 0 Å². The average Bonchev–Trinajstić information content (AvgIpc) is 2.97. The summed E-state index contributed by atoms with van der Waals surface area (Å²) in [5, 5.41) is 4.40. The van der Waals surface area contributed by atoms with Gasteiger partial charge in [-0.2, -0.15) is 11.3 Å². The van der Waals surface area contributed by atoms with E-state index in [4.69, 9.17) is 5.73 Å². The normalized spacial score (nSPS) is 29.1. The summed E-state index contributed by atoms with van der Waals surface area (Å²) in [6.07, 6.45) is 5.19. The first kappa shape index (κ1) is 13.1. The fourth-order valence-corrected chi connectivity index (χ4v) is 3.73. The van der Waals surface area contributed by atoms with Crippen molar-refractivity contribution >= 4 is 11.3 Å². The fraction of sp³-hybridized carbons (Fsp3) is 0.714. The SMILES string of the molecule is CCC1CCC(CN)(N(C)Cc2ccsc2)C1. The molecular weight excluding hydrogens is 228 g/mol. The van der Waals surface area contributed by atoms with Gasteiger partial charge in [0.2, 0.25) is 0 Å². The summed E-state index contributed by atoms with van der Waals surface area (Å²) in [7, 11) is 2.24. The van der Waals surface area contributed by atoms with E-state index in [1.807, 2.05) is 0 Å². The van der Waals surface area contributed by atoms with E-state index < -0.39 is 0 Å². The van der Waals surface area contributed by atoms with Crippen LogP contribution in [0.15, 0.2) is 16.8 Å². The summed E-state index contributed by atoms with van der Waals surface area (Å²) in [4.78, 5) is 2.49. The summed E-state index contributed by atoms with van der Waals surface area (Å²) >= 11 is 1.78. The summed E-state index contributed by atoms with van der Waals surface area (Å²) in [5.74, 6) is 0.878. The van der Waals surface area contributed by atoms with Gasteiger partial charge in [-0.15, -0.1) is 0 Å². The zero-order chi connectivity index (χ0) is 12.3. The van der Waals surface area contributed by atoms with Gasteiger partial charge in [-0.1, -0.05) is 13.3 Å². The fourth-order valence-electron chi connectivity index (χ4n) is 3.07. The molecule has 0 bridgehead atoms. The predicted molar refractivity (Wildman–Crippen MR) is 75.2 cm³/mol. The van der Waals surface area contributed by atoms with Crippen LogP contribution in [0.1, 0.15) is 38.2 Å². The van der Waals surface area contributed by atoms with Crippen LogP contribution in [0.2, 0.25) is 0 Å². The van der Waals surface area contributed by atoms with Crippen molar-refractivity contribution < 1.29 is 0 Å². The van der Waals surface area contributed by atoms with Crippen molar-refractivity contribution in [2.45, 2.75) is 44.7 Å². The zero-order valence-corrected chi connectivity index (χ0v) is 11.8. The first-order chi connectivity index (χ1) is 8.20. The summed E-state index contributed by atoms with van der Waals surface area (Å²) in [5.41, 5.74) is 7.75. The second kappa shape index (κ2) is 5.51. The van der Waals surface area contributed by atoms with Gasteiger partial charge in [-0.25, -0.2) is 0 Å². The Morgan fingerprint density at radius 1 is 1.59 bits per heavy atom. The minimum Gasteiger partial charge on any atom is -0.329 e. The number of nitrogens with zero attached hydrogens (tertiary/aromatic N) is 1. The van der Waals surface area contributed by atoms with E-state index in [0.717, 1.165) is 19.0 Å². The highest BCUT2D eigenvalue weighted by molar-refractivity contribution is 7.07. The Kier molecular flexibility index (Phi) is 4.23. The molecule has 2 nitrogen and oxygen atoms in total. The van der Waals surface area contributed by atoms with E-state index in [1.54, 1.807) is 11.3 Å². The zero-order valence-electron chi connectivity index (χ0n) is 11.0. The molecule has 3 heteroatoms. The molecule has 0 radical (unpaired) electrons. The Hall–Kier alpha value is -0.380. The van der Waals surface area contributed by atoms with Gasteiger partial charge in [0, 0.05) is 18.6 Å². The van der Waals surface area contributed by atoms with Crippen molar-refractivity contribution in [3.05, 3.63) is 22.4 Å². The molecule has 2 N–H and O–H groups in total. The quantitative estimate of drug-likeness (QED) is 0.872. The van der Waals surface area contributed by atoms with E-state index in [1.165, 1.54) is 31.2 Å². The summed E-state index contributed by atoms with van der Waals surface area (Å²) in [6.45, 7) is 4.14. The minimum absolute atomic E-state index is 0.253. The molecule has 0 spiro atoms. The Bertz CT molecular complexity index is 336. The minimum atomic E-state index is 0.253. The highest BCUT2D eigenvalue weighted by Crippen LogP contribution is 2.39. The molecule has 17 heavy (non-hydrogen) atoms. The Labute approximate surface area is 109 Å². The molecule has 0 aromatic carbocycles. The maximum absolute atomic E-state index is 6.08. The number of nitrogens with two attached hydrogens (primary N) is 1. The van der Waals surface area contributed by atoms with Crippen molar-refractivity contribution in [2.75, 3.05) is 13.6 Å². The summed E-state index contributed by atoms with van der Waals surface area (Å²) in [6, 6.07) is 2.22. The molecule has 0 saturated heterocycles. The molecule has 0 amide bonds. The third-order valence-electron chi connectivity index (χ3n) is 4.45. The van der Waals surface area contributed by atoms with Crippen LogP contribution in [0.3, 0.4) is 0 Å². The number of hydrogen-bond donors (Lipinski definition) is 1. The molecule has 2 atom stereocenters. The van der Waals surface area contributed by atoms with Gasteiger partial charge in [0.05, 0.1) is 0 Å². The Morgan fingerprint density at radius 2 is 2.41 bits per heavy atom. The van der Waals surface area contributed by atoms with Gasteiger partial charge in [-0.05, 0) is 54.6 Å². The van der Waals surface area contributed by atoms with Crippen LogP contribution in [0.25, 0.3) is 0 Å². The van der Waals surface area contributed by atoms with Crippen LogP contribution in [-0.4, -0.2) is 24.0 Å². The number of likely N-dealkylation sites (N-methyl/N-ethyl adjacent to an activating group) is 1. The smallest absolute Gasteiger partial charge is 0.0334 e. The Balaban J connectivity index is 2.03. The van der Waals surface area contributed by atoms with Crippen LogP contribution in [0.5, 0.6) is 0 Å². The molecule has 2 unspecified atom stereocenters. The van der Waals surface area contributed by atoms with Gasteiger partial charge >= 0.3 is 0 Å². The second-order valence-corrected chi connectivity index (χ2v) is 6.21. The highest BCUT2D eigenvalue weighted by atomic mass is 32.1. The van der Waals surface area contributed by atoms with Crippen molar-refractivity contribution in [3.63, 3.8) is 0 Å². The molecule has 1 heterocycles. The lowest BCUT2D eigenvalue weighted by atomic mass is 9.93. The number of hydrogen-bond acceptors (Lipinski definition) is 3. The van der Waals surface area contributed by atoms with Crippen LogP contribution < -0.4 is 5.73 Å². The van der Waals surface area contributed by atoms with Crippen LogP contribution in [-0.2, 0) is 6.54 Å². The lowest BCUT2D eigenvalue weighted by Crippen LogP contribution is -2.49. The van der Waals surface area contributed by atoms with Gasteiger partial charge < -0.3 is 5.73 Å². The van der Waals surface area contributed by atoms with Crippen molar-refractivity contribution in [1.29, 1.82) is 0 Å². The van der Waals surface area contributed by atoms with E-state index in [9.17, 15) is 0 Å². The maximum atomic E-state index is 6.08. The van der Waals surface area contributed by atoms with Gasteiger partial charge in [-0.3, -0.25) is 4.90 Å². The Morgan fingerprint density at radius 3 is 2.94 bits per heavy atom. The standard InChI is InChI=1S/C14H24N2S/c1-3-12-4-6-14(8-12,11-15)16(2)9-13-5-7-17-10-13/h5,7,10,12H,3-4,6,8-9,11,15H2,1-2H3. The van der Waals surface area contributed by atoms with Crippen LogP contribution in [0, 0.1) is 5.92 Å². The lowest BCUT2D eigenvalue weighted by Gasteiger charge is -2.38. The topological polar surface area (TPSA) is 29.3 Å². The molecule has 1 aromatic heterocycles. The predicted octanol–water partition coefficient (Wildman–Crippen LogP) is 3.09. The third-order valence-corrected chi connectivity index (χ3v) is 5.19. The molecular formula is C14H24N2S. The maximum Gasteiger partial charge on any atom is 0.0334 e. The monoisotopic (exact) mass is 252 g/mol. The number of thiophene rings is 1. The van der Waals surface area contributed by atoms with E-state index in [2.05, 4.69) is 35.7 Å². The molecule has 0 aliphatic heterocycles. The highest BCUT2D eigenvalue weighted by Gasteiger charge is 2.40. The average molecular weight is 252 g/mol. The molecule has 1 aromatic rings. The molecule has 1 fully saturated rings. The molecule has 1 aliphatic carbocycles. The van der Waals surface area contributed by atoms with E-state index in [0.29, 0.717) is 0 Å². The second-order valence-electron chi connectivity index (χ2n) is 5.43. The molecule has 2 rings (SSSR count). The molecule has 1 saturated carbocycles. The van der Waals surface area contributed by atoms with Crippen molar-refractivity contribution in [2.24, 2.45) is 11.7 Å². The van der Waals surface area contributed by atoms with Gasteiger partial charge in [0.25, 0.3) is 0 Å². The van der Waals surface area contributed by atoms with Crippen molar-refractivity contribution in [3.8, 4) is 0 Å². The third kappa shape index (κ3) is 2.72. The molecule has 1 aliphatic rings. The van der Waals surface area contributed by atoms with Crippen molar-refractivity contribution in [1.82, 2.24) is 4.90 Å². The lowest BCUT2D eigenvalue weighted by molar-refractivity contribution is 0.119. The van der Waals surface area contributed by atoms with Gasteiger partial charge in [0.15, 0.2) is 0 Å². The first-order valence-corrected chi connectivity index (χ1v) is 7.57. The van der Waals surface area contributed by atoms with E-state index >= 15 is 0 Å². The largest absolute Gasteiger partial charge is 0.329 e. The molecule has 96 valence electrons.